The van der Waals surface area contributed by atoms with E-state index in [9.17, 15) is 23.7 Å². The third-order valence-electron chi connectivity index (χ3n) is 4.75. The molecule has 0 saturated heterocycles. The molecular weight excluding hydrogens is 452 g/mol. The smallest absolute Gasteiger partial charge is 0.332 e. The number of pyridine rings is 2. The number of rotatable bonds is 10. The maximum Gasteiger partial charge on any atom is 0.332 e. The number of aromatic nitrogens is 2. The predicted octanol–water partition coefficient (Wildman–Crippen LogP) is 3.35. The van der Waals surface area contributed by atoms with Gasteiger partial charge >= 0.3 is 7.60 Å². The third-order valence-corrected chi connectivity index (χ3v) is 6.83. The molecular formula is C22H25FN3O6P. The first-order valence-corrected chi connectivity index (χ1v) is 12.1. The number of aromatic hydroxyl groups is 1. The summed E-state index contributed by atoms with van der Waals surface area (Å²) in [6.07, 6.45) is 1.86. The Hall–Kier alpha value is -3.07. The fourth-order valence-corrected chi connectivity index (χ4v) is 4.81. The summed E-state index contributed by atoms with van der Waals surface area (Å²) in [7, 11) is -3.36. The molecule has 3 N–H and O–H groups in total. The molecule has 33 heavy (non-hydrogen) atoms. The molecule has 3 aromatic rings. The molecule has 1 aromatic carbocycles. The van der Waals surface area contributed by atoms with Gasteiger partial charge in [0.05, 0.1) is 24.9 Å². The van der Waals surface area contributed by atoms with Crippen molar-refractivity contribution in [2.75, 3.05) is 25.9 Å². The molecule has 3 rings (SSSR count). The standard InChI is InChI=1S/C22H25FN3O6P/c1-3-31-33(30,32-4-2)10-9-24-21(28)18-20(27)19-17(26-22(18)29)12-15(13-25-19)11-14-5-7-16(23)8-6-14/h5-8,12-13H,3-4,9-11H2,1-2H3,(H,24,28)(H2,26,27,29). The Morgan fingerprint density at radius 2 is 1.85 bits per heavy atom. The zero-order valence-corrected chi connectivity index (χ0v) is 19.2. The fraction of sp³-hybridized carbons (Fsp3) is 0.318. The van der Waals surface area contributed by atoms with E-state index in [1.54, 1.807) is 32.0 Å². The van der Waals surface area contributed by atoms with Crippen molar-refractivity contribution in [1.29, 1.82) is 0 Å². The van der Waals surface area contributed by atoms with Gasteiger partial charge in [0, 0.05) is 12.7 Å². The van der Waals surface area contributed by atoms with Crippen LogP contribution in [0.2, 0.25) is 0 Å². The van der Waals surface area contributed by atoms with Crippen LogP contribution < -0.4 is 10.9 Å². The summed E-state index contributed by atoms with van der Waals surface area (Å²) >= 11 is 0. The van der Waals surface area contributed by atoms with E-state index in [1.807, 2.05) is 0 Å². The van der Waals surface area contributed by atoms with E-state index in [1.165, 1.54) is 18.3 Å². The topological polar surface area (TPSA) is 131 Å². The molecule has 0 aliphatic heterocycles. The van der Waals surface area contributed by atoms with Crippen molar-refractivity contribution in [2.24, 2.45) is 0 Å². The Labute approximate surface area is 189 Å². The monoisotopic (exact) mass is 477 g/mol. The summed E-state index contributed by atoms with van der Waals surface area (Å²) < 4.78 is 35.9. The van der Waals surface area contributed by atoms with Crippen LogP contribution in [0.4, 0.5) is 4.39 Å². The van der Waals surface area contributed by atoms with Gasteiger partial charge in [-0.15, -0.1) is 0 Å². The number of amides is 1. The highest BCUT2D eigenvalue weighted by atomic mass is 31.2. The van der Waals surface area contributed by atoms with E-state index in [-0.39, 0.29) is 42.8 Å². The van der Waals surface area contributed by atoms with Gasteiger partial charge in [0.1, 0.15) is 16.9 Å². The molecule has 0 atom stereocenters. The van der Waals surface area contributed by atoms with Crippen molar-refractivity contribution in [2.45, 2.75) is 20.3 Å². The second-order valence-electron chi connectivity index (χ2n) is 7.15. The van der Waals surface area contributed by atoms with E-state index >= 15 is 0 Å². The minimum atomic E-state index is -3.36. The van der Waals surface area contributed by atoms with Crippen LogP contribution in [-0.2, 0) is 20.0 Å². The molecule has 0 fully saturated rings. The summed E-state index contributed by atoms with van der Waals surface area (Å²) in [5.74, 6) is -1.74. The SMILES string of the molecule is CCOP(=O)(CCNC(=O)c1c(O)c2ncc(Cc3ccc(F)cc3)cc2[nH]c1=O)OCC. The summed E-state index contributed by atoms with van der Waals surface area (Å²) in [5, 5.41) is 13.0. The number of aromatic amines is 1. The van der Waals surface area contributed by atoms with E-state index < -0.39 is 30.4 Å². The number of nitrogens with one attached hydrogen (secondary N) is 2. The van der Waals surface area contributed by atoms with E-state index in [0.29, 0.717) is 6.42 Å². The van der Waals surface area contributed by atoms with Gasteiger partial charge in [-0.2, -0.15) is 0 Å². The fourth-order valence-electron chi connectivity index (χ4n) is 3.30. The Bertz CT molecular complexity index is 1240. The van der Waals surface area contributed by atoms with Gasteiger partial charge in [0.2, 0.25) is 0 Å². The zero-order valence-electron chi connectivity index (χ0n) is 18.3. The van der Waals surface area contributed by atoms with Gasteiger partial charge in [-0.1, -0.05) is 12.1 Å². The highest BCUT2D eigenvalue weighted by Gasteiger charge is 2.25. The number of nitrogens with zero attached hydrogens (tertiary/aromatic N) is 1. The number of halogens is 1. The number of carbonyl (C=O) groups excluding carboxylic acids is 1. The van der Waals surface area contributed by atoms with E-state index in [2.05, 4.69) is 15.3 Å². The van der Waals surface area contributed by atoms with E-state index in [0.717, 1.165) is 11.1 Å². The number of carbonyl (C=O) groups is 1. The van der Waals surface area contributed by atoms with Crippen LogP contribution in [0.1, 0.15) is 35.3 Å². The lowest BCUT2D eigenvalue weighted by Gasteiger charge is -2.17. The van der Waals surface area contributed by atoms with Crippen molar-refractivity contribution in [3.05, 3.63) is 69.4 Å². The quantitative estimate of drug-likeness (QED) is 0.382. The predicted molar refractivity (Wildman–Crippen MR) is 121 cm³/mol. The van der Waals surface area contributed by atoms with Gasteiger partial charge in [-0.3, -0.25) is 19.1 Å². The Morgan fingerprint density at radius 1 is 1.18 bits per heavy atom. The molecule has 0 unspecified atom stereocenters. The average Bonchev–Trinajstić information content (AvgIpc) is 2.75. The number of fused-ring (bicyclic) bond motifs is 1. The van der Waals surface area contributed by atoms with Crippen molar-refractivity contribution in [3.8, 4) is 5.75 Å². The lowest BCUT2D eigenvalue weighted by molar-refractivity contribution is 0.0951. The summed E-state index contributed by atoms with van der Waals surface area (Å²) in [4.78, 5) is 31.8. The van der Waals surface area contributed by atoms with E-state index in [4.69, 9.17) is 9.05 Å². The molecule has 0 saturated carbocycles. The number of H-pyrrole nitrogens is 1. The summed E-state index contributed by atoms with van der Waals surface area (Å²) in [5.41, 5.74) is 0.586. The molecule has 1 amide bonds. The van der Waals surface area contributed by atoms with Gasteiger partial charge in [-0.25, -0.2) is 4.39 Å². The second kappa shape index (κ2) is 10.7. The van der Waals surface area contributed by atoms with Gasteiger partial charge in [0.15, 0.2) is 5.75 Å². The Kier molecular flexibility index (Phi) is 7.97. The summed E-state index contributed by atoms with van der Waals surface area (Å²) in [6, 6.07) is 7.62. The molecule has 0 radical (unpaired) electrons. The largest absolute Gasteiger partial charge is 0.505 e. The molecule has 0 aliphatic carbocycles. The van der Waals surface area contributed by atoms with Crippen LogP contribution in [0.15, 0.2) is 41.3 Å². The maximum atomic E-state index is 13.1. The molecule has 11 heteroatoms. The first-order valence-electron chi connectivity index (χ1n) is 10.4. The minimum absolute atomic E-state index is 0.0527. The van der Waals surface area contributed by atoms with Crippen LogP contribution in [0.5, 0.6) is 5.75 Å². The van der Waals surface area contributed by atoms with Crippen LogP contribution in [0.3, 0.4) is 0 Å². The highest BCUT2D eigenvalue weighted by molar-refractivity contribution is 7.53. The van der Waals surface area contributed by atoms with Crippen LogP contribution in [-0.4, -0.2) is 46.9 Å². The van der Waals surface area contributed by atoms with Gasteiger partial charge < -0.3 is 24.5 Å². The molecule has 2 aromatic heterocycles. The van der Waals surface area contributed by atoms with Crippen molar-refractivity contribution in [1.82, 2.24) is 15.3 Å². The highest BCUT2D eigenvalue weighted by Crippen LogP contribution is 2.47. The Morgan fingerprint density at radius 3 is 2.48 bits per heavy atom. The first-order chi connectivity index (χ1) is 15.8. The first kappa shape index (κ1) is 24.6. The van der Waals surface area contributed by atoms with Crippen molar-refractivity contribution < 1.29 is 27.9 Å². The average molecular weight is 477 g/mol. The van der Waals surface area contributed by atoms with Crippen LogP contribution >= 0.6 is 7.60 Å². The molecule has 9 nitrogen and oxygen atoms in total. The number of hydrogen-bond acceptors (Lipinski definition) is 7. The Balaban J connectivity index is 1.78. The molecule has 0 bridgehead atoms. The van der Waals surface area contributed by atoms with Crippen LogP contribution in [0.25, 0.3) is 11.0 Å². The molecule has 0 spiro atoms. The molecule has 2 heterocycles. The summed E-state index contributed by atoms with van der Waals surface area (Å²) in [6.45, 7) is 3.64. The third kappa shape index (κ3) is 6.04. The minimum Gasteiger partial charge on any atom is -0.505 e. The zero-order chi connectivity index (χ0) is 24.0. The van der Waals surface area contributed by atoms with Crippen molar-refractivity contribution in [3.63, 3.8) is 0 Å². The maximum absolute atomic E-state index is 13.1. The lowest BCUT2D eigenvalue weighted by atomic mass is 10.1. The van der Waals surface area contributed by atoms with Crippen LogP contribution in [0, 0.1) is 5.82 Å². The lowest BCUT2D eigenvalue weighted by Crippen LogP contribution is -2.32. The normalized spacial score (nSPS) is 11.6. The van der Waals surface area contributed by atoms with Crippen molar-refractivity contribution >= 4 is 24.5 Å². The van der Waals surface area contributed by atoms with Gasteiger partial charge in [-0.05, 0) is 49.6 Å². The molecule has 176 valence electrons. The second-order valence-corrected chi connectivity index (χ2v) is 9.33. The van der Waals surface area contributed by atoms with Gasteiger partial charge in [0.25, 0.3) is 11.5 Å². The number of benzene rings is 1. The molecule has 0 aliphatic rings. The number of hydrogen-bond donors (Lipinski definition) is 3.